The molecule has 1 aromatic heterocycles. The Morgan fingerprint density at radius 1 is 1.50 bits per heavy atom. The summed E-state index contributed by atoms with van der Waals surface area (Å²) in [7, 11) is 0. The minimum absolute atomic E-state index is 0.0255. The van der Waals surface area contributed by atoms with E-state index in [1.165, 1.54) is 11.3 Å². The molecular formula is C12H13N3O2S. The van der Waals surface area contributed by atoms with Crippen molar-refractivity contribution < 1.29 is 9.53 Å². The Labute approximate surface area is 109 Å². The van der Waals surface area contributed by atoms with Gasteiger partial charge in [-0.2, -0.15) is 0 Å². The summed E-state index contributed by atoms with van der Waals surface area (Å²) in [5.41, 5.74) is 7.94. The predicted octanol–water partition coefficient (Wildman–Crippen LogP) is 1.42. The van der Waals surface area contributed by atoms with Crippen molar-refractivity contribution in [3.05, 3.63) is 40.8 Å². The third-order valence-corrected chi connectivity index (χ3v) is 2.95. The molecule has 0 saturated carbocycles. The van der Waals surface area contributed by atoms with E-state index < -0.39 is 0 Å². The number of hydrogen-bond acceptors (Lipinski definition) is 5. The molecule has 0 radical (unpaired) electrons. The van der Waals surface area contributed by atoms with E-state index in [4.69, 9.17) is 10.5 Å². The van der Waals surface area contributed by atoms with E-state index >= 15 is 0 Å². The molecule has 0 spiro atoms. The lowest BCUT2D eigenvalue weighted by molar-refractivity contribution is -0.123. The summed E-state index contributed by atoms with van der Waals surface area (Å²) < 4.78 is 5.31. The number of anilines is 1. The number of nitrogens with zero attached hydrogens (tertiary/aromatic N) is 1. The molecule has 6 heteroatoms. The molecule has 1 amide bonds. The number of thiazole rings is 1. The van der Waals surface area contributed by atoms with Crippen molar-refractivity contribution in [1.82, 2.24) is 10.3 Å². The first-order chi connectivity index (χ1) is 8.74. The van der Waals surface area contributed by atoms with E-state index in [0.29, 0.717) is 18.0 Å². The van der Waals surface area contributed by atoms with Gasteiger partial charge in [-0.25, -0.2) is 0 Å². The molecule has 2 rings (SSSR count). The fourth-order valence-corrected chi connectivity index (χ4v) is 1.85. The highest BCUT2D eigenvalue weighted by molar-refractivity contribution is 7.09. The quantitative estimate of drug-likeness (QED) is 0.800. The maximum atomic E-state index is 11.5. The van der Waals surface area contributed by atoms with E-state index in [1.807, 2.05) is 0 Å². The molecule has 0 fully saturated rings. The number of nitrogens with two attached hydrogens (primary N) is 1. The number of nitrogen functional groups attached to an aromatic ring is 1. The first-order valence-electron chi connectivity index (χ1n) is 5.36. The number of rotatable bonds is 5. The highest BCUT2D eigenvalue weighted by atomic mass is 32.1. The van der Waals surface area contributed by atoms with E-state index in [1.54, 1.807) is 36.0 Å². The van der Waals surface area contributed by atoms with Crippen LogP contribution in [0.25, 0.3) is 0 Å². The average molecular weight is 263 g/mol. The Morgan fingerprint density at radius 2 is 2.39 bits per heavy atom. The molecule has 2 aromatic rings. The predicted molar refractivity (Wildman–Crippen MR) is 70.3 cm³/mol. The maximum Gasteiger partial charge on any atom is 0.258 e. The van der Waals surface area contributed by atoms with Gasteiger partial charge in [0, 0.05) is 22.8 Å². The normalized spacial score (nSPS) is 10.0. The first kappa shape index (κ1) is 12.4. The zero-order valence-corrected chi connectivity index (χ0v) is 10.4. The fourth-order valence-electron chi connectivity index (χ4n) is 1.32. The van der Waals surface area contributed by atoms with Gasteiger partial charge in [0.05, 0.1) is 12.1 Å². The van der Waals surface area contributed by atoms with Crippen molar-refractivity contribution in [3.63, 3.8) is 0 Å². The highest BCUT2D eigenvalue weighted by Crippen LogP contribution is 2.14. The van der Waals surface area contributed by atoms with Crippen LogP contribution in [0.3, 0.4) is 0 Å². The van der Waals surface area contributed by atoms with Crippen LogP contribution in [0.15, 0.2) is 36.0 Å². The Kier molecular flexibility index (Phi) is 4.14. The summed E-state index contributed by atoms with van der Waals surface area (Å²) in [6.07, 6.45) is 1.73. The molecule has 0 aliphatic rings. The maximum absolute atomic E-state index is 11.5. The molecule has 3 N–H and O–H groups in total. The van der Waals surface area contributed by atoms with Crippen molar-refractivity contribution in [3.8, 4) is 5.75 Å². The van der Waals surface area contributed by atoms with Crippen LogP contribution in [-0.4, -0.2) is 17.5 Å². The number of aromatic nitrogens is 1. The van der Waals surface area contributed by atoms with Gasteiger partial charge in [-0.3, -0.25) is 9.78 Å². The lowest BCUT2D eigenvalue weighted by Gasteiger charge is -2.07. The summed E-state index contributed by atoms with van der Waals surface area (Å²) in [4.78, 5) is 16.4. The van der Waals surface area contributed by atoms with E-state index in [-0.39, 0.29) is 12.5 Å². The van der Waals surface area contributed by atoms with Gasteiger partial charge < -0.3 is 15.8 Å². The molecule has 94 valence electrons. The van der Waals surface area contributed by atoms with Crippen LogP contribution in [0.5, 0.6) is 5.75 Å². The van der Waals surface area contributed by atoms with E-state index in [2.05, 4.69) is 10.3 Å². The Morgan fingerprint density at radius 3 is 3.11 bits per heavy atom. The molecule has 5 nitrogen and oxygen atoms in total. The number of ether oxygens (including phenoxy) is 1. The van der Waals surface area contributed by atoms with Crippen molar-refractivity contribution in [1.29, 1.82) is 0 Å². The summed E-state index contributed by atoms with van der Waals surface area (Å²) >= 11 is 1.50. The molecule has 0 aliphatic carbocycles. The first-order valence-corrected chi connectivity index (χ1v) is 6.24. The Balaban J connectivity index is 1.75. The third-order valence-electron chi connectivity index (χ3n) is 2.17. The summed E-state index contributed by atoms with van der Waals surface area (Å²) in [5, 5.41) is 2.75. The summed E-state index contributed by atoms with van der Waals surface area (Å²) in [6, 6.07) is 6.97. The largest absolute Gasteiger partial charge is 0.484 e. The fraction of sp³-hybridized carbons (Fsp3) is 0.167. The molecule has 1 heterocycles. The molecule has 0 saturated heterocycles. The van der Waals surface area contributed by atoms with Crippen molar-refractivity contribution >= 4 is 22.9 Å². The molecule has 18 heavy (non-hydrogen) atoms. The van der Waals surface area contributed by atoms with Crippen molar-refractivity contribution in [2.75, 3.05) is 12.3 Å². The van der Waals surface area contributed by atoms with Crippen molar-refractivity contribution in [2.24, 2.45) is 0 Å². The van der Waals surface area contributed by atoms with Crippen LogP contribution in [0.1, 0.15) is 4.88 Å². The standard InChI is InChI=1S/C12H13N3O2S/c13-9-2-1-3-10(4-9)17-7-12(16)15-6-11-5-14-8-18-11/h1-5,8H,6-7,13H2,(H,15,16). The van der Waals surface area contributed by atoms with Gasteiger partial charge >= 0.3 is 0 Å². The number of amides is 1. The number of benzene rings is 1. The van der Waals surface area contributed by atoms with Crippen LogP contribution in [0.2, 0.25) is 0 Å². The van der Waals surface area contributed by atoms with Crippen LogP contribution in [0, 0.1) is 0 Å². The topological polar surface area (TPSA) is 77.2 Å². The van der Waals surface area contributed by atoms with Crippen LogP contribution < -0.4 is 15.8 Å². The Bertz CT molecular complexity index is 514. The zero-order valence-electron chi connectivity index (χ0n) is 9.63. The van der Waals surface area contributed by atoms with Crippen LogP contribution >= 0.6 is 11.3 Å². The minimum Gasteiger partial charge on any atom is -0.484 e. The third kappa shape index (κ3) is 3.74. The summed E-state index contributed by atoms with van der Waals surface area (Å²) in [5.74, 6) is 0.411. The van der Waals surface area contributed by atoms with Crippen molar-refractivity contribution in [2.45, 2.75) is 6.54 Å². The van der Waals surface area contributed by atoms with Gasteiger partial charge in [0.25, 0.3) is 5.91 Å². The molecule has 0 atom stereocenters. The molecular weight excluding hydrogens is 250 g/mol. The summed E-state index contributed by atoms with van der Waals surface area (Å²) in [6.45, 7) is 0.450. The zero-order chi connectivity index (χ0) is 12.8. The Hall–Kier alpha value is -2.08. The lowest BCUT2D eigenvalue weighted by atomic mass is 10.3. The van der Waals surface area contributed by atoms with Gasteiger partial charge in [-0.1, -0.05) is 6.07 Å². The second-order valence-electron chi connectivity index (χ2n) is 3.61. The second-order valence-corrected chi connectivity index (χ2v) is 4.58. The minimum atomic E-state index is -0.175. The SMILES string of the molecule is Nc1cccc(OCC(=O)NCc2cncs2)c1. The van der Waals surface area contributed by atoms with Gasteiger partial charge in [0.15, 0.2) is 6.61 Å². The van der Waals surface area contributed by atoms with E-state index in [9.17, 15) is 4.79 Å². The molecule has 0 unspecified atom stereocenters. The van der Waals surface area contributed by atoms with Gasteiger partial charge in [0.2, 0.25) is 0 Å². The lowest BCUT2D eigenvalue weighted by Crippen LogP contribution is -2.28. The van der Waals surface area contributed by atoms with Crippen LogP contribution in [0.4, 0.5) is 5.69 Å². The molecule has 1 aromatic carbocycles. The second kappa shape index (κ2) is 6.02. The number of carbonyl (C=O) groups is 1. The van der Waals surface area contributed by atoms with Gasteiger partial charge in [0.1, 0.15) is 5.75 Å². The van der Waals surface area contributed by atoms with Crippen LogP contribution in [-0.2, 0) is 11.3 Å². The van der Waals surface area contributed by atoms with Gasteiger partial charge in [-0.15, -0.1) is 11.3 Å². The number of carbonyl (C=O) groups excluding carboxylic acids is 1. The van der Waals surface area contributed by atoms with Gasteiger partial charge in [-0.05, 0) is 12.1 Å². The molecule has 0 bridgehead atoms. The smallest absolute Gasteiger partial charge is 0.258 e. The molecule has 0 aliphatic heterocycles. The highest BCUT2D eigenvalue weighted by Gasteiger charge is 2.03. The number of hydrogen-bond donors (Lipinski definition) is 2. The number of nitrogens with one attached hydrogen (secondary N) is 1. The monoisotopic (exact) mass is 263 g/mol. The van der Waals surface area contributed by atoms with E-state index in [0.717, 1.165) is 4.88 Å². The average Bonchev–Trinajstić information content (AvgIpc) is 2.87.